The molecule has 10 aromatic carbocycles. The minimum absolute atomic E-state index is 1.18. The first-order valence-electron chi connectivity index (χ1n) is 20.5. The summed E-state index contributed by atoms with van der Waals surface area (Å²) < 4.78 is 2.37. The first kappa shape index (κ1) is 34.7. The van der Waals surface area contributed by atoms with Gasteiger partial charge in [0.15, 0.2) is 0 Å². The van der Waals surface area contributed by atoms with Gasteiger partial charge in [0.25, 0.3) is 0 Å². The number of aryl methyl sites for hydroxylation is 2. The van der Waals surface area contributed by atoms with Crippen LogP contribution >= 0.6 is 0 Å². The number of aromatic nitrogens is 1. The maximum absolute atomic E-state index is 2.37. The average molecular weight is 752 g/mol. The molecule has 0 aliphatic heterocycles. The van der Waals surface area contributed by atoms with Gasteiger partial charge in [0.2, 0.25) is 0 Å². The van der Waals surface area contributed by atoms with Gasteiger partial charge in [0.1, 0.15) is 0 Å². The van der Waals surface area contributed by atoms with Crippen LogP contribution in [0, 0.1) is 13.8 Å². The van der Waals surface area contributed by atoms with Crippen LogP contribution in [0.2, 0.25) is 0 Å². The number of benzene rings is 10. The van der Waals surface area contributed by atoms with Gasteiger partial charge in [-0.05, 0) is 121 Å². The molecule has 278 valence electrons. The Labute approximate surface area is 345 Å². The Kier molecular flexibility index (Phi) is 8.34. The van der Waals surface area contributed by atoms with E-state index in [1.54, 1.807) is 0 Å². The van der Waals surface area contributed by atoms with Crippen molar-refractivity contribution >= 4 is 43.4 Å². The maximum atomic E-state index is 2.37. The van der Waals surface area contributed by atoms with E-state index in [1.165, 1.54) is 116 Å². The molecule has 1 heteroatoms. The molecule has 0 unspecified atom stereocenters. The largest absolute Gasteiger partial charge is 0.309 e. The maximum Gasteiger partial charge on any atom is 0.0541 e. The van der Waals surface area contributed by atoms with Crippen molar-refractivity contribution in [3.63, 3.8) is 0 Å². The van der Waals surface area contributed by atoms with E-state index < -0.39 is 0 Å². The van der Waals surface area contributed by atoms with Crippen LogP contribution in [0.1, 0.15) is 11.1 Å². The van der Waals surface area contributed by atoms with E-state index >= 15 is 0 Å². The van der Waals surface area contributed by atoms with Crippen molar-refractivity contribution in [1.29, 1.82) is 0 Å². The van der Waals surface area contributed by atoms with Crippen LogP contribution in [0.4, 0.5) is 0 Å². The molecule has 59 heavy (non-hydrogen) atoms. The molecular weight excluding hydrogens is 711 g/mol. The van der Waals surface area contributed by atoms with Gasteiger partial charge >= 0.3 is 0 Å². The highest BCUT2D eigenvalue weighted by Crippen LogP contribution is 2.44. The lowest BCUT2D eigenvalue weighted by atomic mass is 9.85. The summed E-state index contributed by atoms with van der Waals surface area (Å²) in [4.78, 5) is 0. The normalized spacial score (nSPS) is 11.6. The molecular formula is C58H41N. The lowest BCUT2D eigenvalue weighted by Gasteiger charge is -2.18. The molecule has 11 aromatic rings. The van der Waals surface area contributed by atoms with Crippen LogP contribution < -0.4 is 0 Å². The first-order chi connectivity index (χ1) is 29.1. The smallest absolute Gasteiger partial charge is 0.0541 e. The SMILES string of the molecule is Cc1cc(C)cc(-c2ccc(-c3c4ccccc4c(-c4ccc(-c5ccc(-c6ccc7c(c6)c6ccccc6n7-c6ccccc6)cc5)cc4)c4ccccc34)cc2)c1. The number of rotatable bonds is 6. The van der Waals surface area contributed by atoms with Gasteiger partial charge < -0.3 is 4.57 Å². The van der Waals surface area contributed by atoms with Crippen molar-refractivity contribution in [1.82, 2.24) is 4.57 Å². The third-order valence-electron chi connectivity index (χ3n) is 12.1. The van der Waals surface area contributed by atoms with Crippen LogP contribution in [0.5, 0.6) is 0 Å². The molecule has 1 heterocycles. The molecule has 11 rings (SSSR count). The molecule has 1 nitrogen and oxygen atoms in total. The summed E-state index contributed by atoms with van der Waals surface area (Å²) >= 11 is 0. The molecule has 0 N–H and O–H groups in total. The summed E-state index contributed by atoms with van der Waals surface area (Å²) in [6.45, 7) is 4.34. The number of hydrogen-bond acceptors (Lipinski definition) is 0. The topological polar surface area (TPSA) is 4.93 Å². The minimum atomic E-state index is 1.18. The predicted molar refractivity (Wildman–Crippen MR) is 252 cm³/mol. The van der Waals surface area contributed by atoms with Gasteiger partial charge in [0, 0.05) is 16.5 Å². The van der Waals surface area contributed by atoms with E-state index in [1.807, 2.05) is 0 Å². The summed E-state index contributed by atoms with van der Waals surface area (Å²) in [6, 6.07) is 78.2. The molecule has 0 bridgehead atoms. The second-order valence-electron chi connectivity index (χ2n) is 15.9. The van der Waals surface area contributed by atoms with Gasteiger partial charge in [-0.25, -0.2) is 0 Å². The van der Waals surface area contributed by atoms with Crippen molar-refractivity contribution in [3.05, 3.63) is 223 Å². The average Bonchev–Trinajstić information content (AvgIpc) is 3.62. The van der Waals surface area contributed by atoms with Gasteiger partial charge in [-0.1, -0.05) is 193 Å². The molecule has 0 amide bonds. The van der Waals surface area contributed by atoms with Crippen LogP contribution in [0.15, 0.2) is 212 Å². The summed E-state index contributed by atoms with van der Waals surface area (Å²) in [5.74, 6) is 0. The van der Waals surface area contributed by atoms with Crippen LogP contribution in [-0.2, 0) is 0 Å². The lowest BCUT2D eigenvalue weighted by molar-refractivity contribution is 1.18. The fourth-order valence-corrected chi connectivity index (χ4v) is 9.41. The third kappa shape index (κ3) is 6.02. The monoisotopic (exact) mass is 751 g/mol. The Balaban J connectivity index is 0.935. The zero-order valence-electron chi connectivity index (χ0n) is 33.2. The zero-order chi connectivity index (χ0) is 39.5. The fourth-order valence-electron chi connectivity index (χ4n) is 9.41. The van der Waals surface area contributed by atoms with E-state index in [9.17, 15) is 0 Å². The van der Waals surface area contributed by atoms with Crippen molar-refractivity contribution in [2.75, 3.05) is 0 Å². The summed E-state index contributed by atoms with van der Waals surface area (Å²) in [5, 5.41) is 7.59. The van der Waals surface area contributed by atoms with Gasteiger partial charge in [-0.3, -0.25) is 0 Å². The fraction of sp³-hybridized carbons (Fsp3) is 0.0345. The summed E-state index contributed by atoms with van der Waals surface area (Å²) in [5.41, 5.74) is 18.5. The van der Waals surface area contributed by atoms with Crippen LogP contribution in [0.3, 0.4) is 0 Å². The van der Waals surface area contributed by atoms with Crippen molar-refractivity contribution in [3.8, 4) is 61.3 Å². The minimum Gasteiger partial charge on any atom is -0.309 e. The number of para-hydroxylation sites is 2. The summed E-state index contributed by atoms with van der Waals surface area (Å²) in [6.07, 6.45) is 0. The standard InChI is InChI=1S/C58H41N/c1-38-34-39(2)36-47(35-38)43-26-30-45(31-27-43)58-52-17-8-6-15-50(52)57(51-16-7-9-18-53(51)58)44-28-24-41(25-29-44)40-20-22-42(23-21-40)46-32-33-56-54(37-46)49-14-10-11-19-55(49)59(56)48-12-4-3-5-13-48/h3-37H,1-2H3. The van der Waals surface area contributed by atoms with E-state index in [0.29, 0.717) is 0 Å². The van der Waals surface area contributed by atoms with E-state index in [0.717, 1.165) is 0 Å². The Hall–Kier alpha value is -7.48. The van der Waals surface area contributed by atoms with Gasteiger partial charge in [-0.15, -0.1) is 0 Å². The summed E-state index contributed by atoms with van der Waals surface area (Å²) in [7, 11) is 0. The highest BCUT2D eigenvalue weighted by atomic mass is 15.0. The quantitative estimate of drug-likeness (QED) is 0.149. The molecule has 0 radical (unpaired) electrons. The molecule has 0 aliphatic carbocycles. The molecule has 0 fully saturated rings. The van der Waals surface area contributed by atoms with Crippen LogP contribution in [0.25, 0.3) is 105 Å². The van der Waals surface area contributed by atoms with Crippen LogP contribution in [-0.4, -0.2) is 4.57 Å². The van der Waals surface area contributed by atoms with E-state index in [-0.39, 0.29) is 0 Å². The predicted octanol–water partition coefficient (Wildman–Crippen LogP) is 16.0. The Morgan fingerprint density at radius 2 is 0.627 bits per heavy atom. The Morgan fingerprint density at radius 3 is 1.14 bits per heavy atom. The first-order valence-corrected chi connectivity index (χ1v) is 20.5. The Morgan fingerprint density at radius 1 is 0.254 bits per heavy atom. The highest BCUT2D eigenvalue weighted by molar-refractivity contribution is 6.21. The lowest BCUT2D eigenvalue weighted by Crippen LogP contribution is -1.92. The zero-order valence-corrected chi connectivity index (χ0v) is 33.2. The number of nitrogens with zero attached hydrogens (tertiary/aromatic N) is 1. The van der Waals surface area contributed by atoms with Gasteiger partial charge in [0.05, 0.1) is 11.0 Å². The number of fused-ring (bicyclic) bond motifs is 5. The molecule has 1 aromatic heterocycles. The van der Waals surface area contributed by atoms with Crippen molar-refractivity contribution < 1.29 is 0 Å². The second kappa shape index (κ2) is 14.2. The molecule has 0 saturated heterocycles. The Bertz CT molecular complexity index is 3270. The third-order valence-corrected chi connectivity index (χ3v) is 12.1. The molecule has 0 aliphatic rings. The van der Waals surface area contributed by atoms with Crippen molar-refractivity contribution in [2.24, 2.45) is 0 Å². The van der Waals surface area contributed by atoms with Gasteiger partial charge in [-0.2, -0.15) is 0 Å². The highest BCUT2D eigenvalue weighted by Gasteiger charge is 2.17. The van der Waals surface area contributed by atoms with E-state index in [4.69, 9.17) is 0 Å². The molecule has 0 spiro atoms. The second-order valence-corrected chi connectivity index (χ2v) is 15.9. The molecule has 0 saturated carbocycles. The number of hydrogen-bond donors (Lipinski definition) is 0. The van der Waals surface area contributed by atoms with E-state index in [2.05, 4.69) is 231 Å². The molecule has 0 atom stereocenters. The van der Waals surface area contributed by atoms with Crippen molar-refractivity contribution in [2.45, 2.75) is 13.8 Å².